The number of hydrogen-bond acceptors (Lipinski definition) is 3. The smallest absolute Gasteiger partial charge is 0.127 e. The van der Waals surface area contributed by atoms with Gasteiger partial charge in [0, 0.05) is 12.4 Å². The normalized spacial score (nSPS) is 12.4. The highest BCUT2D eigenvalue weighted by atomic mass is 16.5. The highest BCUT2D eigenvalue weighted by molar-refractivity contribution is 5.38. The molecule has 4 heteroatoms. The van der Waals surface area contributed by atoms with Crippen molar-refractivity contribution in [1.82, 2.24) is 9.97 Å². The molecule has 0 radical (unpaired) electrons. The zero-order valence-corrected chi connectivity index (χ0v) is 9.40. The molecule has 4 nitrogen and oxygen atoms in total. The largest absolute Gasteiger partial charge is 0.496 e. The van der Waals surface area contributed by atoms with E-state index in [0.29, 0.717) is 0 Å². The summed E-state index contributed by atoms with van der Waals surface area (Å²) in [6.07, 6.45) is 3.47. The molecule has 0 spiro atoms. The van der Waals surface area contributed by atoms with Gasteiger partial charge in [0.25, 0.3) is 0 Å². The van der Waals surface area contributed by atoms with E-state index in [0.717, 1.165) is 22.7 Å². The SMILES string of the molecule is COc1ccc(C(N)c2ncc[nH]2)cc1C. The summed E-state index contributed by atoms with van der Waals surface area (Å²) in [5, 5.41) is 0. The molecule has 2 rings (SSSR count). The first-order valence-corrected chi connectivity index (χ1v) is 5.11. The molecule has 0 amide bonds. The zero-order chi connectivity index (χ0) is 11.5. The number of nitrogens with zero attached hydrogens (tertiary/aromatic N) is 1. The number of imidazole rings is 1. The Balaban J connectivity index is 2.31. The van der Waals surface area contributed by atoms with E-state index in [1.807, 2.05) is 25.1 Å². The molecule has 0 saturated heterocycles. The Morgan fingerprint density at radius 2 is 2.25 bits per heavy atom. The van der Waals surface area contributed by atoms with Gasteiger partial charge in [-0.1, -0.05) is 12.1 Å². The minimum absolute atomic E-state index is 0.223. The summed E-state index contributed by atoms with van der Waals surface area (Å²) in [7, 11) is 1.66. The topological polar surface area (TPSA) is 63.9 Å². The van der Waals surface area contributed by atoms with Crippen LogP contribution in [0.4, 0.5) is 0 Å². The number of H-pyrrole nitrogens is 1. The van der Waals surface area contributed by atoms with Gasteiger partial charge in [-0.3, -0.25) is 0 Å². The maximum absolute atomic E-state index is 6.09. The number of benzene rings is 1. The van der Waals surface area contributed by atoms with Crippen LogP contribution in [0.5, 0.6) is 5.75 Å². The Morgan fingerprint density at radius 3 is 2.81 bits per heavy atom. The highest BCUT2D eigenvalue weighted by Gasteiger charge is 2.12. The molecular formula is C12H15N3O. The first kappa shape index (κ1) is 10.7. The van der Waals surface area contributed by atoms with E-state index in [2.05, 4.69) is 9.97 Å². The first-order chi connectivity index (χ1) is 7.72. The fraction of sp³-hybridized carbons (Fsp3) is 0.250. The number of rotatable bonds is 3. The second kappa shape index (κ2) is 4.37. The Bertz CT molecular complexity index is 465. The van der Waals surface area contributed by atoms with E-state index in [9.17, 15) is 0 Å². The van der Waals surface area contributed by atoms with E-state index < -0.39 is 0 Å². The van der Waals surface area contributed by atoms with Gasteiger partial charge in [0.15, 0.2) is 0 Å². The van der Waals surface area contributed by atoms with Crippen molar-refractivity contribution in [1.29, 1.82) is 0 Å². The molecule has 2 aromatic rings. The summed E-state index contributed by atoms with van der Waals surface area (Å²) >= 11 is 0. The van der Waals surface area contributed by atoms with Crippen LogP contribution in [0.3, 0.4) is 0 Å². The quantitative estimate of drug-likeness (QED) is 0.823. The third-order valence-corrected chi connectivity index (χ3v) is 2.59. The Morgan fingerprint density at radius 1 is 1.44 bits per heavy atom. The van der Waals surface area contributed by atoms with Crippen LogP contribution < -0.4 is 10.5 Å². The van der Waals surface area contributed by atoms with Crippen molar-refractivity contribution in [2.45, 2.75) is 13.0 Å². The van der Waals surface area contributed by atoms with Crippen LogP contribution in [0.15, 0.2) is 30.6 Å². The second-order valence-corrected chi connectivity index (χ2v) is 3.68. The summed E-state index contributed by atoms with van der Waals surface area (Å²) in [5.41, 5.74) is 8.18. The molecule has 0 aliphatic carbocycles. The summed E-state index contributed by atoms with van der Waals surface area (Å²) in [6, 6.07) is 5.68. The maximum atomic E-state index is 6.09. The van der Waals surface area contributed by atoms with Gasteiger partial charge in [0.2, 0.25) is 0 Å². The molecule has 1 aromatic heterocycles. The number of aromatic nitrogens is 2. The lowest BCUT2D eigenvalue weighted by Gasteiger charge is -2.12. The average Bonchev–Trinajstić information content (AvgIpc) is 2.81. The minimum Gasteiger partial charge on any atom is -0.496 e. The molecule has 1 atom stereocenters. The number of nitrogens with one attached hydrogen (secondary N) is 1. The van der Waals surface area contributed by atoms with Crippen molar-refractivity contribution in [2.24, 2.45) is 5.73 Å². The molecular weight excluding hydrogens is 202 g/mol. The molecule has 1 unspecified atom stereocenters. The molecule has 16 heavy (non-hydrogen) atoms. The van der Waals surface area contributed by atoms with Crippen LogP contribution in [0.2, 0.25) is 0 Å². The molecule has 0 saturated carbocycles. The molecule has 0 aliphatic rings. The van der Waals surface area contributed by atoms with E-state index >= 15 is 0 Å². The maximum Gasteiger partial charge on any atom is 0.127 e. The van der Waals surface area contributed by atoms with Gasteiger partial charge in [0.1, 0.15) is 11.6 Å². The number of methoxy groups -OCH3 is 1. The van der Waals surface area contributed by atoms with Gasteiger partial charge >= 0.3 is 0 Å². The summed E-state index contributed by atoms with van der Waals surface area (Å²) in [5.74, 6) is 1.64. The van der Waals surface area contributed by atoms with E-state index in [-0.39, 0.29) is 6.04 Å². The fourth-order valence-corrected chi connectivity index (χ4v) is 1.70. The minimum atomic E-state index is -0.223. The number of ether oxygens (including phenoxy) is 1. The Labute approximate surface area is 94.5 Å². The van der Waals surface area contributed by atoms with Gasteiger partial charge in [-0.2, -0.15) is 0 Å². The van der Waals surface area contributed by atoms with Gasteiger partial charge in [-0.15, -0.1) is 0 Å². The van der Waals surface area contributed by atoms with Gasteiger partial charge in [-0.25, -0.2) is 4.98 Å². The predicted octanol–water partition coefficient (Wildman–Crippen LogP) is 1.77. The van der Waals surface area contributed by atoms with Crippen molar-refractivity contribution in [3.05, 3.63) is 47.5 Å². The lowest BCUT2D eigenvalue weighted by Crippen LogP contribution is -2.13. The predicted molar refractivity (Wildman–Crippen MR) is 62.3 cm³/mol. The molecule has 84 valence electrons. The Kier molecular flexibility index (Phi) is 2.92. The lowest BCUT2D eigenvalue weighted by atomic mass is 10.0. The summed E-state index contributed by atoms with van der Waals surface area (Å²) < 4.78 is 5.21. The van der Waals surface area contributed by atoms with Crippen molar-refractivity contribution in [2.75, 3.05) is 7.11 Å². The van der Waals surface area contributed by atoms with Crippen molar-refractivity contribution >= 4 is 0 Å². The summed E-state index contributed by atoms with van der Waals surface area (Å²) in [4.78, 5) is 7.17. The van der Waals surface area contributed by atoms with E-state index in [1.165, 1.54) is 0 Å². The molecule has 0 aliphatic heterocycles. The molecule has 1 heterocycles. The third kappa shape index (κ3) is 1.92. The number of aromatic amines is 1. The van der Waals surface area contributed by atoms with Crippen LogP contribution in [-0.4, -0.2) is 17.1 Å². The highest BCUT2D eigenvalue weighted by Crippen LogP contribution is 2.23. The summed E-state index contributed by atoms with van der Waals surface area (Å²) in [6.45, 7) is 2.00. The zero-order valence-electron chi connectivity index (χ0n) is 9.40. The van der Waals surface area contributed by atoms with Gasteiger partial charge in [-0.05, 0) is 24.1 Å². The number of aryl methyl sites for hydroxylation is 1. The van der Waals surface area contributed by atoms with Crippen LogP contribution in [0.25, 0.3) is 0 Å². The van der Waals surface area contributed by atoms with Crippen LogP contribution in [-0.2, 0) is 0 Å². The number of nitrogens with two attached hydrogens (primary N) is 1. The monoisotopic (exact) mass is 217 g/mol. The van der Waals surface area contributed by atoms with E-state index in [4.69, 9.17) is 10.5 Å². The third-order valence-electron chi connectivity index (χ3n) is 2.59. The second-order valence-electron chi connectivity index (χ2n) is 3.68. The van der Waals surface area contributed by atoms with Crippen LogP contribution >= 0.6 is 0 Å². The van der Waals surface area contributed by atoms with Crippen LogP contribution in [0, 0.1) is 6.92 Å². The standard InChI is InChI=1S/C12H15N3O/c1-8-7-9(3-4-10(8)16-2)11(13)12-14-5-6-15-12/h3-7,11H,13H2,1-2H3,(H,14,15). The molecule has 1 aromatic carbocycles. The molecule has 0 fully saturated rings. The molecule has 3 N–H and O–H groups in total. The molecule has 0 bridgehead atoms. The van der Waals surface area contributed by atoms with E-state index in [1.54, 1.807) is 19.5 Å². The van der Waals surface area contributed by atoms with Gasteiger partial charge < -0.3 is 15.5 Å². The van der Waals surface area contributed by atoms with Crippen LogP contribution in [0.1, 0.15) is 23.0 Å². The number of hydrogen-bond donors (Lipinski definition) is 2. The first-order valence-electron chi connectivity index (χ1n) is 5.11. The van der Waals surface area contributed by atoms with Gasteiger partial charge in [0.05, 0.1) is 13.2 Å². The van der Waals surface area contributed by atoms with Crippen molar-refractivity contribution in [3.8, 4) is 5.75 Å². The lowest BCUT2D eigenvalue weighted by molar-refractivity contribution is 0.411. The van der Waals surface area contributed by atoms with Crippen molar-refractivity contribution < 1.29 is 4.74 Å². The average molecular weight is 217 g/mol. The Hall–Kier alpha value is -1.81. The van der Waals surface area contributed by atoms with Crippen molar-refractivity contribution in [3.63, 3.8) is 0 Å². The fourth-order valence-electron chi connectivity index (χ4n) is 1.70.